The van der Waals surface area contributed by atoms with Crippen molar-refractivity contribution < 1.29 is 18.7 Å². The third-order valence-corrected chi connectivity index (χ3v) is 5.30. The number of rotatable bonds is 7. The lowest BCUT2D eigenvalue weighted by atomic mass is 10.1. The van der Waals surface area contributed by atoms with E-state index >= 15 is 0 Å². The number of amides is 1. The number of thioether (sulfide) groups is 1. The zero-order valence-electron chi connectivity index (χ0n) is 14.8. The fourth-order valence-corrected chi connectivity index (χ4v) is 3.83. The molecule has 144 valence electrons. The Balaban J connectivity index is 1.43. The Morgan fingerprint density at radius 2 is 2.04 bits per heavy atom. The van der Waals surface area contributed by atoms with Crippen molar-refractivity contribution in [1.82, 2.24) is 5.32 Å². The zero-order valence-corrected chi connectivity index (χ0v) is 16.4. The van der Waals surface area contributed by atoms with Gasteiger partial charge in [-0.15, -0.1) is 0 Å². The predicted molar refractivity (Wildman–Crippen MR) is 106 cm³/mol. The smallest absolute Gasteiger partial charge is 0.224 e. The molecule has 1 aliphatic heterocycles. The highest BCUT2D eigenvalue weighted by molar-refractivity contribution is 7.98. The fourth-order valence-electron chi connectivity index (χ4n) is 2.69. The number of carbonyl (C=O) groups is 1. The third-order valence-electron chi connectivity index (χ3n) is 4.01. The first-order valence-corrected chi connectivity index (χ1v) is 10.3. The molecule has 0 aliphatic carbocycles. The van der Waals surface area contributed by atoms with E-state index in [2.05, 4.69) is 5.32 Å². The number of fused-ring (bicyclic) bond motifs is 1. The second-order valence-electron chi connectivity index (χ2n) is 6.13. The van der Waals surface area contributed by atoms with Crippen LogP contribution < -0.4 is 14.8 Å². The number of hydrogen-bond acceptors (Lipinski definition) is 4. The van der Waals surface area contributed by atoms with Gasteiger partial charge in [0.05, 0.1) is 24.7 Å². The van der Waals surface area contributed by atoms with Gasteiger partial charge in [-0.1, -0.05) is 29.8 Å². The topological polar surface area (TPSA) is 47.6 Å². The van der Waals surface area contributed by atoms with Gasteiger partial charge in [-0.25, -0.2) is 4.39 Å². The number of halogens is 2. The number of hydrogen-bond donors (Lipinski definition) is 1. The lowest BCUT2D eigenvalue weighted by Crippen LogP contribution is -2.27. The van der Waals surface area contributed by atoms with Crippen LogP contribution in [0.4, 0.5) is 4.39 Å². The van der Waals surface area contributed by atoms with Gasteiger partial charge in [0.1, 0.15) is 5.82 Å². The van der Waals surface area contributed by atoms with Gasteiger partial charge in [0.15, 0.2) is 11.5 Å². The third kappa shape index (κ3) is 5.78. The van der Waals surface area contributed by atoms with Crippen LogP contribution in [0.2, 0.25) is 5.02 Å². The number of ether oxygens (including phenoxy) is 2. The second-order valence-corrected chi connectivity index (χ2v) is 7.64. The van der Waals surface area contributed by atoms with E-state index in [-0.39, 0.29) is 18.1 Å². The maximum atomic E-state index is 13.5. The van der Waals surface area contributed by atoms with Crippen LogP contribution in [0.5, 0.6) is 11.5 Å². The van der Waals surface area contributed by atoms with Crippen molar-refractivity contribution in [2.24, 2.45) is 0 Å². The van der Waals surface area contributed by atoms with E-state index in [0.717, 1.165) is 12.0 Å². The van der Waals surface area contributed by atoms with E-state index in [9.17, 15) is 9.18 Å². The zero-order chi connectivity index (χ0) is 19.1. The monoisotopic (exact) mass is 409 g/mol. The summed E-state index contributed by atoms with van der Waals surface area (Å²) in [5, 5.41) is 3.33. The van der Waals surface area contributed by atoms with Gasteiger partial charge in [-0.2, -0.15) is 11.8 Å². The van der Waals surface area contributed by atoms with Crippen molar-refractivity contribution in [1.29, 1.82) is 0 Å². The maximum Gasteiger partial charge on any atom is 0.224 e. The van der Waals surface area contributed by atoms with Crippen molar-refractivity contribution in [2.75, 3.05) is 25.5 Å². The highest BCUT2D eigenvalue weighted by atomic mass is 35.5. The Bertz CT molecular complexity index is 803. The van der Waals surface area contributed by atoms with Crippen LogP contribution in [-0.4, -0.2) is 31.4 Å². The first kappa shape index (κ1) is 19.8. The van der Waals surface area contributed by atoms with Crippen LogP contribution >= 0.6 is 23.4 Å². The highest BCUT2D eigenvalue weighted by Gasteiger charge is 2.16. The summed E-state index contributed by atoms with van der Waals surface area (Å²) in [7, 11) is 0. The summed E-state index contributed by atoms with van der Waals surface area (Å²) in [5.74, 6) is 2.14. The van der Waals surface area contributed by atoms with Gasteiger partial charge >= 0.3 is 0 Å². The molecule has 4 nitrogen and oxygen atoms in total. The van der Waals surface area contributed by atoms with Crippen LogP contribution in [0.1, 0.15) is 17.5 Å². The van der Waals surface area contributed by atoms with Crippen LogP contribution in [0, 0.1) is 5.82 Å². The average Bonchev–Trinajstić information content (AvgIpc) is 2.89. The van der Waals surface area contributed by atoms with Gasteiger partial charge in [-0.3, -0.25) is 4.79 Å². The Hall–Kier alpha value is -1.92. The molecule has 0 aromatic heterocycles. The first-order chi connectivity index (χ1) is 13.1. The van der Waals surface area contributed by atoms with Gasteiger partial charge in [0.2, 0.25) is 5.91 Å². The Labute approximate surface area is 167 Å². The number of carbonyl (C=O) groups excluding carboxylic acids is 1. The molecule has 1 heterocycles. The van der Waals surface area contributed by atoms with Crippen LogP contribution in [0.15, 0.2) is 36.4 Å². The fraction of sp³-hybridized carbons (Fsp3) is 0.350. The van der Waals surface area contributed by atoms with E-state index in [1.54, 1.807) is 36.0 Å². The molecule has 2 aromatic rings. The molecule has 0 fully saturated rings. The normalized spacial score (nSPS) is 13.1. The molecular weight excluding hydrogens is 389 g/mol. The van der Waals surface area contributed by atoms with Crippen molar-refractivity contribution in [3.05, 3.63) is 58.4 Å². The molecule has 27 heavy (non-hydrogen) atoms. The Morgan fingerprint density at radius 3 is 2.89 bits per heavy atom. The van der Waals surface area contributed by atoms with Crippen LogP contribution in [-0.2, 0) is 17.0 Å². The molecule has 1 amide bonds. The molecule has 1 aliphatic rings. The molecule has 1 N–H and O–H groups in total. The summed E-state index contributed by atoms with van der Waals surface area (Å²) in [6, 6.07) is 10.3. The van der Waals surface area contributed by atoms with Crippen LogP contribution in [0.3, 0.4) is 0 Å². The summed E-state index contributed by atoms with van der Waals surface area (Å²) in [5.41, 5.74) is 1.46. The molecule has 0 unspecified atom stereocenters. The molecule has 2 aromatic carbocycles. The quantitative estimate of drug-likeness (QED) is 0.695. The predicted octanol–water partition coefficient (Wildman–Crippen LogP) is 4.23. The number of benzene rings is 2. The molecule has 0 radical (unpaired) electrons. The SMILES string of the molecule is O=C(Cc1cc(Cl)c2c(c1)OCCCO2)NCCSCc1ccccc1F. The van der Waals surface area contributed by atoms with E-state index < -0.39 is 0 Å². The molecule has 3 rings (SSSR count). The standard InChI is InChI=1S/C20H21ClFNO3S/c21-16-10-14(11-18-20(16)26-8-3-7-25-18)12-19(24)23-6-9-27-13-15-4-1-2-5-17(15)22/h1-2,4-5,10-11H,3,6-9,12-13H2,(H,23,24). The maximum absolute atomic E-state index is 13.5. The minimum Gasteiger partial charge on any atom is -0.489 e. The number of nitrogens with one attached hydrogen (secondary N) is 1. The van der Waals surface area contributed by atoms with Crippen molar-refractivity contribution in [2.45, 2.75) is 18.6 Å². The van der Waals surface area contributed by atoms with Gasteiger partial charge in [0.25, 0.3) is 0 Å². The van der Waals surface area contributed by atoms with E-state index in [1.165, 1.54) is 6.07 Å². The molecule has 0 spiro atoms. The van der Waals surface area contributed by atoms with Crippen molar-refractivity contribution >= 4 is 29.3 Å². The highest BCUT2D eigenvalue weighted by Crippen LogP contribution is 2.38. The lowest BCUT2D eigenvalue weighted by molar-refractivity contribution is -0.120. The summed E-state index contributed by atoms with van der Waals surface area (Å²) >= 11 is 7.83. The Morgan fingerprint density at radius 1 is 1.22 bits per heavy atom. The average molecular weight is 410 g/mol. The van der Waals surface area contributed by atoms with Crippen molar-refractivity contribution in [3.8, 4) is 11.5 Å². The second kappa shape index (κ2) is 9.85. The minimum atomic E-state index is -0.194. The van der Waals surface area contributed by atoms with Gasteiger partial charge in [0, 0.05) is 24.5 Å². The minimum absolute atomic E-state index is 0.0907. The first-order valence-electron chi connectivity index (χ1n) is 8.79. The van der Waals surface area contributed by atoms with E-state index in [0.29, 0.717) is 53.3 Å². The van der Waals surface area contributed by atoms with Crippen LogP contribution in [0.25, 0.3) is 0 Å². The van der Waals surface area contributed by atoms with E-state index in [1.807, 2.05) is 6.07 Å². The Kier molecular flexibility index (Phi) is 7.24. The summed E-state index contributed by atoms with van der Waals surface area (Å²) in [6.45, 7) is 1.66. The molecule has 7 heteroatoms. The largest absolute Gasteiger partial charge is 0.489 e. The molecule has 0 saturated carbocycles. The molecule has 0 bridgehead atoms. The lowest BCUT2D eigenvalue weighted by Gasteiger charge is -2.12. The summed E-state index contributed by atoms with van der Waals surface area (Å²) in [6.07, 6.45) is 1.01. The molecular formula is C20H21ClFNO3S. The van der Waals surface area contributed by atoms with Gasteiger partial charge < -0.3 is 14.8 Å². The van der Waals surface area contributed by atoms with Gasteiger partial charge in [-0.05, 0) is 29.3 Å². The molecule has 0 atom stereocenters. The van der Waals surface area contributed by atoms with E-state index in [4.69, 9.17) is 21.1 Å². The summed E-state index contributed by atoms with van der Waals surface area (Å²) in [4.78, 5) is 12.2. The summed E-state index contributed by atoms with van der Waals surface area (Å²) < 4.78 is 24.8. The molecule has 0 saturated heterocycles. The van der Waals surface area contributed by atoms with Crippen molar-refractivity contribution in [3.63, 3.8) is 0 Å².